The van der Waals surface area contributed by atoms with Crippen LogP contribution in [0.25, 0.3) is 0 Å². The number of hydrogen-bond acceptors (Lipinski definition) is 2. The number of nitrogens with zero attached hydrogens (tertiary/aromatic N) is 2. The van der Waals surface area contributed by atoms with E-state index in [0.717, 1.165) is 6.42 Å². The molecule has 0 aromatic carbocycles. The van der Waals surface area contributed by atoms with Crippen LogP contribution in [0.5, 0.6) is 0 Å². The SMILES string of the molecule is CCC(C)(C)N=NC. The Bertz CT molecular complexity index is 84.5. The molecule has 0 atom stereocenters. The highest BCUT2D eigenvalue weighted by Crippen LogP contribution is 2.12. The molecule has 0 N–H and O–H groups in total. The Morgan fingerprint density at radius 2 is 1.88 bits per heavy atom. The van der Waals surface area contributed by atoms with E-state index in [4.69, 9.17) is 0 Å². The van der Waals surface area contributed by atoms with Gasteiger partial charge in [-0.3, -0.25) is 0 Å². The summed E-state index contributed by atoms with van der Waals surface area (Å²) in [5.41, 5.74) is 0.0503. The lowest BCUT2D eigenvalue weighted by molar-refractivity contribution is 0.477. The summed E-state index contributed by atoms with van der Waals surface area (Å²) in [5.74, 6) is 0. The first-order valence-electron chi connectivity index (χ1n) is 2.93. The lowest BCUT2D eigenvalue weighted by Crippen LogP contribution is -2.12. The average molecular weight is 114 g/mol. The summed E-state index contributed by atoms with van der Waals surface area (Å²) in [7, 11) is 1.71. The summed E-state index contributed by atoms with van der Waals surface area (Å²) >= 11 is 0. The minimum absolute atomic E-state index is 0.0503. The van der Waals surface area contributed by atoms with E-state index in [-0.39, 0.29) is 5.54 Å². The molecule has 0 aromatic heterocycles. The van der Waals surface area contributed by atoms with Crippen LogP contribution in [0.2, 0.25) is 0 Å². The van der Waals surface area contributed by atoms with Gasteiger partial charge in [0.1, 0.15) is 0 Å². The van der Waals surface area contributed by atoms with E-state index < -0.39 is 0 Å². The molecule has 0 aliphatic carbocycles. The monoisotopic (exact) mass is 114 g/mol. The van der Waals surface area contributed by atoms with E-state index in [1.165, 1.54) is 0 Å². The lowest BCUT2D eigenvalue weighted by Gasteiger charge is -2.13. The fourth-order valence-electron chi connectivity index (χ4n) is 0.341. The maximum atomic E-state index is 4.00. The predicted molar refractivity (Wildman–Crippen MR) is 35.1 cm³/mol. The van der Waals surface area contributed by atoms with Crippen molar-refractivity contribution in [1.82, 2.24) is 0 Å². The first kappa shape index (κ1) is 7.60. The first-order valence-corrected chi connectivity index (χ1v) is 2.93. The number of rotatable bonds is 2. The summed E-state index contributed by atoms with van der Waals surface area (Å²) in [6, 6.07) is 0. The minimum Gasteiger partial charge on any atom is -0.197 e. The zero-order valence-corrected chi connectivity index (χ0v) is 6.10. The van der Waals surface area contributed by atoms with Crippen molar-refractivity contribution in [3.63, 3.8) is 0 Å². The fourth-order valence-corrected chi connectivity index (χ4v) is 0.341. The van der Waals surface area contributed by atoms with Gasteiger partial charge in [-0.2, -0.15) is 10.2 Å². The van der Waals surface area contributed by atoms with Crippen molar-refractivity contribution < 1.29 is 0 Å². The molecule has 8 heavy (non-hydrogen) atoms. The molecule has 0 radical (unpaired) electrons. The predicted octanol–water partition coefficient (Wildman–Crippen LogP) is 2.26. The molecular weight excluding hydrogens is 100 g/mol. The molecule has 2 nitrogen and oxygen atoms in total. The molecule has 0 heterocycles. The number of azo groups is 1. The molecule has 0 aromatic rings. The highest BCUT2D eigenvalue weighted by Gasteiger charge is 2.11. The van der Waals surface area contributed by atoms with Gasteiger partial charge >= 0.3 is 0 Å². The van der Waals surface area contributed by atoms with Crippen LogP contribution in [0.3, 0.4) is 0 Å². The van der Waals surface area contributed by atoms with Crippen molar-refractivity contribution in [3.8, 4) is 0 Å². The molecule has 0 rings (SSSR count). The molecule has 0 unspecified atom stereocenters. The molecular formula is C6H14N2. The first-order chi connectivity index (χ1) is 3.62. The Balaban J connectivity index is 3.71. The maximum Gasteiger partial charge on any atom is 0.0757 e. The van der Waals surface area contributed by atoms with Gasteiger partial charge in [0.05, 0.1) is 5.54 Å². The van der Waals surface area contributed by atoms with Crippen LogP contribution in [0.1, 0.15) is 27.2 Å². The summed E-state index contributed by atoms with van der Waals surface area (Å²) in [6.45, 7) is 6.24. The molecule has 48 valence electrons. The normalized spacial score (nSPS) is 13.0. The van der Waals surface area contributed by atoms with Crippen molar-refractivity contribution in [2.45, 2.75) is 32.7 Å². The third-order valence-electron chi connectivity index (χ3n) is 1.24. The van der Waals surface area contributed by atoms with Gasteiger partial charge in [-0.15, -0.1) is 0 Å². The van der Waals surface area contributed by atoms with E-state index in [9.17, 15) is 0 Å². The van der Waals surface area contributed by atoms with Crippen LogP contribution in [-0.2, 0) is 0 Å². The molecule has 0 bridgehead atoms. The van der Waals surface area contributed by atoms with E-state index in [1.807, 2.05) is 0 Å². The zero-order chi connectivity index (χ0) is 6.62. The number of hydrogen-bond donors (Lipinski definition) is 0. The van der Waals surface area contributed by atoms with E-state index in [1.54, 1.807) is 7.05 Å². The van der Waals surface area contributed by atoms with Crippen LogP contribution >= 0.6 is 0 Å². The second-order valence-corrected chi connectivity index (χ2v) is 2.47. The van der Waals surface area contributed by atoms with E-state index >= 15 is 0 Å². The van der Waals surface area contributed by atoms with Gasteiger partial charge in [-0.05, 0) is 20.3 Å². The Morgan fingerprint density at radius 3 is 2.00 bits per heavy atom. The Labute approximate surface area is 51.0 Å². The topological polar surface area (TPSA) is 24.7 Å². The summed E-state index contributed by atoms with van der Waals surface area (Å²) < 4.78 is 0. The van der Waals surface area contributed by atoms with Gasteiger partial charge in [0.25, 0.3) is 0 Å². The summed E-state index contributed by atoms with van der Waals surface area (Å²) in [6.07, 6.45) is 1.05. The molecule has 0 aliphatic rings. The third kappa shape index (κ3) is 2.72. The van der Waals surface area contributed by atoms with Gasteiger partial charge in [-0.25, -0.2) is 0 Å². The van der Waals surface area contributed by atoms with Crippen molar-refractivity contribution in [2.24, 2.45) is 10.2 Å². The Kier molecular flexibility index (Phi) is 2.66. The van der Waals surface area contributed by atoms with Gasteiger partial charge in [-0.1, -0.05) is 6.92 Å². The zero-order valence-electron chi connectivity index (χ0n) is 6.10. The second kappa shape index (κ2) is 2.80. The van der Waals surface area contributed by atoms with Gasteiger partial charge < -0.3 is 0 Å². The molecule has 0 aliphatic heterocycles. The average Bonchev–Trinajstić information content (AvgIpc) is 1.67. The van der Waals surface area contributed by atoms with Crippen molar-refractivity contribution in [1.29, 1.82) is 0 Å². The second-order valence-electron chi connectivity index (χ2n) is 2.47. The minimum atomic E-state index is 0.0503. The van der Waals surface area contributed by atoms with Crippen LogP contribution < -0.4 is 0 Å². The van der Waals surface area contributed by atoms with E-state index in [0.29, 0.717) is 0 Å². The van der Waals surface area contributed by atoms with Gasteiger partial charge in [0.2, 0.25) is 0 Å². The molecule has 0 saturated heterocycles. The summed E-state index contributed by atoms with van der Waals surface area (Å²) in [4.78, 5) is 0. The van der Waals surface area contributed by atoms with Crippen LogP contribution in [-0.4, -0.2) is 12.6 Å². The third-order valence-corrected chi connectivity index (χ3v) is 1.24. The molecule has 2 heteroatoms. The highest BCUT2D eigenvalue weighted by molar-refractivity contribution is 4.71. The summed E-state index contributed by atoms with van der Waals surface area (Å²) in [5, 5.41) is 7.70. The fraction of sp³-hybridized carbons (Fsp3) is 1.00. The van der Waals surface area contributed by atoms with Crippen LogP contribution in [0.15, 0.2) is 10.2 Å². The van der Waals surface area contributed by atoms with Crippen molar-refractivity contribution in [2.75, 3.05) is 7.05 Å². The standard InChI is InChI=1S/C6H14N2/c1-5-6(2,3)8-7-4/h5H2,1-4H3. The Morgan fingerprint density at radius 1 is 1.38 bits per heavy atom. The van der Waals surface area contributed by atoms with Gasteiger partial charge in [0.15, 0.2) is 0 Å². The molecule has 0 saturated carbocycles. The van der Waals surface area contributed by atoms with E-state index in [2.05, 4.69) is 31.0 Å². The molecule has 0 amide bonds. The largest absolute Gasteiger partial charge is 0.197 e. The smallest absolute Gasteiger partial charge is 0.0757 e. The molecule has 0 spiro atoms. The van der Waals surface area contributed by atoms with Crippen molar-refractivity contribution in [3.05, 3.63) is 0 Å². The quantitative estimate of drug-likeness (QED) is 0.492. The highest BCUT2D eigenvalue weighted by atomic mass is 15.1. The lowest BCUT2D eigenvalue weighted by atomic mass is 10.0. The van der Waals surface area contributed by atoms with Crippen LogP contribution in [0, 0.1) is 0 Å². The van der Waals surface area contributed by atoms with Crippen LogP contribution in [0.4, 0.5) is 0 Å². The molecule has 0 fully saturated rings. The maximum absolute atomic E-state index is 4.00. The Hall–Kier alpha value is -0.400. The van der Waals surface area contributed by atoms with Crippen molar-refractivity contribution >= 4 is 0 Å². The van der Waals surface area contributed by atoms with Gasteiger partial charge in [0, 0.05) is 7.05 Å².